The molecule has 0 aliphatic rings. The number of nitrogens with one attached hydrogen (secondary N) is 2. The predicted octanol–water partition coefficient (Wildman–Crippen LogP) is 2.73. The van der Waals surface area contributed by atoms with Crippen molar-refractivity contribution in [3.05, 3.63) is 50.3 Å². The molecule has 0 bridgehead atoms. The molecule has 0 unspecified atom stereocenters. The minimum absolute atomic E-state index is 0.188. The molecule has 2 heterocycles. The number of H-pyrrole nitrogens is 1. The highest BCUT2D eigenvalue weighted by Crippen LogP contribution is 2.32. The lowest BCUT2D eigenvalue weighted by molar-refractivity contribution is -0.140. The molecule has 9 heteroatoms. The van der Waals surface area contributed by atoms with Gasteiger partial charge >= 0.3 is 6.18 Å². The minimum Gasteiger partial charge on any atom is -0.343 e. The summed E-state index contributed by atoms with van der Waals surface area (Å²) in [6.07, 6.45) is -2.87. The van der Waals surface area contributed by atoms with E-state index in [-0.39, 0.29) is 16.1 Å². The predicted molar refractivity (Wildman–Crippen MR) is 74.7 cm³/mol. The number of amides is 1. The first kappa shape index (κ1) is 16.2. The molecule has 0 spiro atoms. The van der Waals surface area contributed by atoms with Gasteiger partial charge in [0.2, 0.25) is 5.56 Å². The van der Waals surface area contributed by atoms with Crippen molar-refractivity contribution in [2.75, 3.05) is 0 Å². The zero-order valence-electron chi connectivity index (χ0n) is 11.4. The molecule has 0 aliphatic heterocycles. The Kier molecular flexibility index (Phi) is 4.65. The first-order valence-corrected chi connectivity index (χ1v) is 7.21. The van der Waals surface area contributed by atoms with Gasteiger partial charge in [0.05, 0.1) is 11.6 Å². The van der Waals surface area contributed by atoms with Crippen LogP contribution >= 0.6 is 11.3 Å². The summed E-state index contributed by atoms with van der Waals surface area (Å²) in [5.41, 5.74) is -1.10. The number of thiazole rings is 1. The van der Waals surface area contributed by atoms with E-state index in [1.54, 1.807) is 6.92 Å². The number of hydrogen-bond donors (Lipinski definition) is 2. The SMILES string of the molecule is CC[C@H](NC(=O)c1ccc(=O)[nH]c1)c1nc(C(F)(F)F)cs1. The number of hydrogen-bond acceptors (Lipinski definition) is 4. The lowest BCUT2D eigenvalue weighted by Crippen LogP contribution is -2.28. The number of aromatic amines is 1. The number of nitrogens with zero attached hydrogens (tertiary/aromatic N) is 1. The van der Waals surface area contributed by atoms with E-state index in [2.05, 4.69) is 15.3 Å². The molecule has 2 aromatic heterocycles. The lowest BCUT2D eigenvalue weighted by Gasteiger charge is -2.14. The zero-order valence-corrected chi connectivity index (χ0v) is 12.2. The van der Waals surface area contributed by atoms with Crippen LogP contribution in [0.4, 0.5) is 13.2 Å². The molecule has 5 nitrogen and oxygen atoms in total. The lowest BCUT2D eigenvalue weighted by atomic mass is 10.2. The third-order valence-electron chi connectivity index (χ3n) is 2.87. The number of rotatable bonds is 4. The largest absolute Gasteiger partial charge is 0.434 e. The second kappa shape index (κ2) is 6.30. The van der Waals surface area contributed by atoms with Gasteiger partial charge in [0, 0.05) is 17.6 Å². The molecule has 1 amide bonds. The van der Waals surface area contributed by atoms with Crippen LogP contribution in [0.3, 0.4) is 0 Å². The smallest absolute Gasteiger partial charge is 0.343 e. The minimum atomic E-state index is -4.50. The maximum atomic E-state index is 12.6. The van der Waals surface area contributed by atoms with Gasteiger partial charge < -0.3 is 10.3 Å². The Morgan fingerprint density at radius 3 is 2.68 bits per heavy atom. The fourth-order valence-electron chi connectivity index (χ4n) is 1.71. The van der Waals surface area contributed by atoms with Crippen LogP contribution in [0.25, 0.3) is 0 Å². The van der Waals surface area contributed by atoms with Crippen molar-refractivity contribution in [3.63, 3.8) is 0 Å². The van der Waals surface area contributed by atoms with E-state index in [9.17, 15) is 22.8 Å². The van der Waals surface area contributed by atoms with Crippen LogP contribution < -0.4 is 10.9 Å². The summed E-state index contributed by atoms with van der Waals surface area (Å²) in [7, 11) is 0. The first-order chi connectivity index (χ1) is 10.3. The van der Waals surface area contributed by atoms with E-state index in [4.69, 9.17) is 0 Å². The maximum absolute atomic E-state index is 12.6. The summed E-state index contributed by atoms with van der Waals surface area (Å²) in [5, 5.41) is 3.71. The van der Waals surface area contributed by atoms with E-state index in [1.165, 1.54) is 18.3 Å². The van der Waals surface area contributed by atoms with Crippen LogP contribution in [-0.4, -0.2) is 15.9 Å². The van der Waals surface area contributed by atoms with Crippen LogP contribution in [0.2, 0.25) is 0 Å². The molecule has 0 aromatic carbocycles. The summed E-state index contributed by atoms with van der Waals surface area (Å²) in [4.78, 5) is 28.9. The molecule has 0 saturated carbocycles. The number of halogens is 3. The van der Waals surface area contributed by atoms with Crippen molar-refractivity contribution >= 4 is 17.2 Å². The molecule has 2 N–H and O–H groups in total. The Morgan fingerprint density at radius 2 is 2.18 bits per heavy atom. The van der Waals surface area contributed by atoms with Gasteiger partial charge in [-0.15, -0.1) is 11.3 Å². The fourth-order valence-corrected chi connectivity index (χ4v) is 2.67. The Hall–Kier alpha value is -2.16. The molecular weight excluding hydrogens is 319 g/mol. The standard InChI is InChI=1S/C13H12F3N3O2S/c1-2-8(12-19-9(6-22-12)13(14,15)16)18-11(21)7-3-4-10(20)17-5-7/h3-6,8H,2H2,1H3,(H,17,20)(H,18,21)/t8-/m0/s1. The van der Waals surface area contributed by atoms with Gasteiger partial charge in [-0.25, -0.2) is 4.98 Å². The van der Waals surface area contributed by atoms with Gasteiger partial charge in [0.15, 0.2) is 5.69 Å². The molecule has 2 rings (SSSR count). The number of pyridine rings is 1. The average Bonchev–Trinajstić information content (AvgIpc) is 2.95. The third-order valence-corrected chi connectivity index (χ3v) is 3.83. The van der Waals surface area contributed by atoms with Gasteiger partial charge in [-0.05, 0) is 12.5 Å². The Labute approximate surface area is 127 Å². The summed E-state index contributed by atoms with van der Waals surface area (Å²) in [6, 6.07) is 1.91. The molecular formula is C13H12F3N3O2S. The molecule has 118 valence electrons. The Morgan fingerprint density at radius 1 is 1.45 bits per heavy atom. The van der Waals surface area contributed by atoms with Crippen molar-refractivity contribution in [2.24, 2.45) is 0 Å². The van der Waals surface area contributed by atoms with Gasteiger partial charge in [0.25, 0.3) is 5.91 Å². The molecule has 0 fully saturated rings. The Bertz CT molecular complexity index is 703. The molecule has 2 aromatic rings. The van der Waals surface area contributed by atoms with Gasteiger partial charge in [-0.3, -0.25) is 9.59 Å². The zero-order chi connectivity index (χ0) is 16.3. The number of alkyl halides is 3. The number of carbonyl (C=O) groups is 1. The molecule has 0 saturated heterocycles. The molecule has 1 atom stereocenters. The summed E-state index contributed by atoms with van der Waals surface area (Å²) < 4.78 is 37.7. The third kappa shape index (κ3) is 3.73. The van der Waals surface area contributed by atoms with E-state index in [1.807, 2.05) is 0 Å². The molecule has 22 heavy (non-hydrogen) atoms. The quantitative estimate of drug-likeness (QED) is 0.904. The summed E-state index contributed by atoms with van der Waals surface area (Å²) in [6.45, 7) is 1.73. The fraction of sp³-hybridized carbons (Fsp3) is 0.308. The summed E-state index contributed by atoms with van der Waals surface area (Å²) >= 11 is 0.845. The van der Waals surface area contributed by atoms with Crippen molar-refractivity contribution in [1.29, 1.82) is 0 Å². The van der Waals surface area contributed by atoms with E-state index >= 15 is 0 Å². The Balaban J connectivity index is 2.15. The average molecular weight is 331 g/mol. The van der Waals surface area contributed by atoms with Crippen molar-refractivity contribution < 1.29 is 18.0 Å². The van der Waals surface area contributed by atoms with Gasteiger partial charge in [-0.1, -0.05) is 6.92 Å². The van der Waals surface area contributed by atoms with Crippen LogP contribution in [0.1, 0.15) is 40.4 Å². The van der Waals surface area contributed by atoms with Crippen LogP contribution in [0, 0.1) is 0 Å². The number of carbonyl (C=O) groups excluding carboxylic acids is 1. The van der Waals surface area contributed by atoms with E-state index < -0.39 is 23.8 Å². The maximum Gasteiger partial charge on any atom is 0.434 e. The second-order valence-corrected chi connectivity index (χ2v) is 5.33. The monoisotopic (exact) mass is 331 g/mol. The highest BCUT2D eigenvalue weighted by atomic mass is 32.1. The number of aromatic nitrogens is 2. The van der Waals surface area contributed by atoms with Crippen LogP contribution in [0.5, 0.6) is 0 Å². The highest BCUT2D eigenvalue weighted by molar-refractivity contribution is 7.09. The van der Waals surface area contributed by atoms with E-state index in [0.717, 1.165) is 16.7 Å². The van der Waals surface area contributed by atoms with Crippen molar-refractivity contribution in [2.45, 2.75) is 25.6 Å². The highest BCUT2D eigenvalue weighted by Gasteiger charge is 2.34. The normalized spacial score (nSPS) is 12.9. The van der Waals surface area contributed by atoms with Gasteiger partial charge in [0.1, 0.15) is 5.01 Å². The topological polar surface area (TPSA) is 74.8 Å². The first-order valence-electron chi connectivity index (χ1n) is 6.33. The van der Waals surface area contributed by atoms with Gasteiger partial charge in [-0.2, -0.15) is 13.2 Å². The second-order valence-electron chi connectivity index (χ2n) is 4.44. The van der Waals surface area contributed by atoms with E-state index in [0.29, 0.717) is 6.42 Å². The van der Waals surface area contributed by atoms with Crippen LogP contribution in [-0.2, 0) is 6.18 Å². The van der Waals surface area contributed by atoms with Crippen molar-refractivity contribution in [3.8, 4) is 0 Å². The molecule has 0 aliphatic carbocycles. The van der Waals surface area contributed by atoms with Crippen molar-refractivity contribution in [1.82, 2.24) is 15.3 Å². The van der Waals surface area contributed by atoms with Crippen LogP contribution in [0.15, 0.2) is 28.5 Å². The molecule has 0 radical (unpaired) electrons. The summed E-state index contributed by atoms with van der Waals surface area (Å²) in [5.74, 6) is -0.494.